The van der Waals surface area contributed by atoms with Crippen molar-refractivity contribution in [3.8, 4) is 11.3 Å². The molecular weight excluding hydrogens is 375 g/mol. The maximum absolute atomic E-state index is 13.3. The molecule has 2 aromatic heterocycles. The summed E-state index contributed by atoms with van der Waals surface area (Å²) in [5.41, 5.74) is 3.85. The third-order valence-electron chi connectivity index (χ3n) is 4.56. The third kappa shape index (κ3) is 3.80. The van der Waals surface area contributed by atoms with E-state index in [1.165, 1.54) is 23.5 Å². The Balaban J connectivity index is 1.57. The van der Waals surface area contributed by atoms with E-state index in [2.05, 4.69) is 20.5 Å². The molecule has 0 aliphatic heterocycles. The molecule has 0 unspecified atom stereocenters. The van der Waals surface area contributed by atoms with E-state index in [1.54, 1.807) is 12.1 Å². The molecule has 4 rings (SSSR count). The molecule has 0 radical (unpaired) electrons. The van der Waals surface area contributed by atoms with Crippen LogP contribution in [0.4, 0.5) is 9.52 Å². The van der Waals surface area contributed by atoms with Crippen LogP contribution in [0.2, 0.25) is 0 Å². The third-order valence-corrected chi connectivity index (χ3v) is 5.55. The van der Waals surface area contributed by atoms with Gasteiger partial charge in [0.1, 0.15) is 10.8 Å². The molecule has 0 saturated heterocycles. The van der Waals surface area contributed by atoms with Gasteiger partial charge in [0.2, 0.25) is 11.0 Å². The molecule has 7 heteroatoms. The Morgan fingerprint density at radius 2 is 1.93 bits per heavy atom. The maximum atomic E-state index is 13.3. The minimum Gasteiger partial charge on any atom is -0.354 e. The Morgan fingerprint density at radius 1 is 1.14 bits per heavy atom. The minimum absolute atomic E-state index is 0.103. The number of benzene rings is 2. The van der Waals surface area contributed by atoms with E-state index in [-0.39, 0.29) is 11.7 Å². The molecule has 0 saturated carbocycles. The van der Waals surface area contributed by atoms with Crippen molar-refractivity contribution in [2.24, 2.45) is 0 Å². The summed E-state index contributed by atoms with van der Waals surface area (Å²) in [6.45, 7) is 2.00. The Morgan fingerprint density at radius 3 is 2.68 bits per heavy atom. The number of para-hydroxylation sites is 1. The second-order valence-corrected chi connectivity index (χ2v) is 7.50. The molecule has 2 aromatic carbocycles. The molecule has 28 heavy (non-hydrogen) atoms. The number of anilines is 1. The van der Waals surface area contributed by atoms with Crippen molar-refractivity contribution in [3.63, 3.8) is 0 Å². The number of nitrogens with one attached hydrogen (secondary N) is 2. The van der Waals surface area contributed by atoms with Crippen LogP contribution in [-0.4, -0.2) is 21.1 Å². The summed E-state index contributed by atoms with van der Waals surface area (Å²) in [6, 6.07) is 14.3. The standard InChI is InChI=1S/C21H19FN4OS/c1-2-19-25-26-21(28-19)24-18(27)12-11-16-15-5-3-4-6-17(15)23-20(16)13-7-9-14(22)10-8-13/h3-10,23H,2,11-12H2,1H3,(H,24,26,27). The first kappa shape index (κ1) is 18.3. The molecule has 0 spiro atoms. The van der Waals surface area contributed by atoms with Gasteiger partial charge in [0, 0.05) is 23.0 Å². The summed E-state index contributed by atoms with van der Waals surface area (Å²) in [4.78, 5) is 15.8. The molecule has 2 N–H and O–H groups in total. The van der Waals surface area contributed by atoms with Crippen molar-refractivity contribution in [3.05, 3.63) is 64.9 Å². The Kier molecular flexibility index (Phi) is 5.16. The van der Waals surface area contributed by atoms with E-state index in [4.69, 9.17) is 0 Å². The van der Waals surface area contributed by atoms with Crippen molar-refractivity contribution >= 4 is 33.3 Å². The van der Waals surface area contributed by atoms with Crippen LogP contribution in [0, 0.1) is 5.82 Å². The monoisotopic (exact) mass is 394 g/mol. The molecule has 5 nitrogen and oxygen atoms in total. The van der Waals surface area contributed by atoms with Gasteiger partial charge in [0.05, 0.1) is 0 Å². The number of carbonyl (C=O) groups excluding carboxylic acids is 1. The van der Waals surface area contributed by atoms with Crippen LogP contribution in [0.1, 0.15) is 23.9 Å². The van der Waals surface area contributed by atoms with Gasteiger partial charge >= 0.3 is 0 Å². The van der Waals surface area contributed by atoms with Crippen LogP contribution in [0.15, 0.2) is 48.5 Å². The van der Waals surface area contributed by atoms with Gasteiger partial charge < -0.3 is 10.3 Å². The fraction of sp³-hybridized carbons (Fsp3) is 0.190. The molecular formula is C21H19FN4OS. The van der Waals surface area contributed by atoms with Crippen molar-refractivity contribution < 1.29 is 9.18 Å². The van der Waals surface area contributed by atoms with Gasteiger partial charge in [-0.15, -0.1) is 10.2 Å². The van der Waals surface area contributed by atoms with Gasteiger partial charge in [-0.3, -0.25) is 4.79 Å². The number of hydrogen-bond donors (Lipinski definition) is 2. The highest BCUT2D eigenvalue weighted by atomic mass is 32.1. The quantitative estimate of drug-likeness (QED) is 0.486. The highest BCUT2D eigenvalue weighted by Crippen LogP contribution is 2.31. The first-order chi connectivity index (χ1) is 13.6. The normalized spacial score (nSPS) is 11.1. The van der Waals surface area contributed by atoms with Crippen LogP contribution in [0.3, 0.4) is 0 Å². The number of amides is 1. The number of rotatable bonds is 6. The van der Waals surface area contributed by atoms with Crippen molar-refractivity contribution in [1.29, 1.82) is 0 Å². The van der Waals surface area contributed by atoms with Crippen LogP contribution >= 0.6 is 11.3 Å². The lowest BCUT2D eigenvalue weighted by Crippen LogP contribution is -2.12. The van der Waals surface area contributed by atoms with Crippen molar-refractivity contribution in [2.45, 2.75) is 26.2 Å². The van der Waals surface area contributed by atoms with Crippen LogP contribution in [0.25, 0.3) is 22.2 Å². The number of H-pyrrole nitrogens is 1. The van der Waals surface area contributed by atoms with Gasteiger partial charge in [-0.2, -0.15) is 0 Å². The van der Waals surface area contributed by atoms with Crippen LogP contribution < -0.4 is 5.32 Å². The smallest absolute Gasteiger partial charge is 0.226 e. The van der Waals surface area contributed by atoms with Gasteiger partial charge in [-0.1, -0.05) is 36.5 Å². The van der Waals surface area contributed by atoms with Gasteiger partial charge in [-0.05, 0) is 54.3 Å². The number of fused-ring (bicyclic) bond motifs is 1. The summed E-state index contributed by atoms with van der Waals surface area (Å²) in [6.07, 6.45) is 1.67. The molecule has 0 aliphatic rings. The number of carbonyl (C=O) groups is 1. The Hall–Kier alpha value is -3.06. The van der Waals surface area contributed by atoms with E-state index < -0.39 is 0 Å². The number of nitrogens with zero attached hydrogens (tertiary/aromatic N) is 2. The molecule has 0 atom stereocenters. The van der Waals surface area contributed by atoms with Crippen molar-refractivity contribution in [2.75, 3.05) is 5.32 Å². The topological polar surface area (TPSA) is 70.7 Å². The van der Waals surface area contributed by atoms with E-state index in [9.17, 15) is 9.18 Å². The molecule has 0 bridgehead atoms. The number of halogens is 1. The van der Waals surface area contributed by atoms with Crippen LogP contribution in [0.5, 0.6) is 0 Å². The van der Waals surface area contributed by atoms with E-state index in [0.717, 1.165) is 39.2 Å². The van der Waals surface area contributed by atoms with Gasteiger partial charge in [0.25, 0.3) is 0 Å². The number of aromatic nitrogens is 3. The van der Waals surface area contributed by atoms with E-state index in [1.807, 2.05) is 31.2 Å². The maximum Gasteiger partial charge on any atom is 0.226 e. The average molecular weight is 394 g/mol. The second kappa shape index (κ2) is 7.90. The predicted molar refractivity (Wildman–Crippen MR) is 110 cm³/mol. The molecule has 4 aromatic rings. The molecule has 2 heterocycles. The van der Waals surface area contributed by atoms with E-state index >= 15 is 0 Å². The number of aryl methyl sites for hydroxylation is 2. The molecule has 0 aliphatic carbocycles. The van der Waals surface area contributed by atoms with Crippen molar-refractivity contribution in [1.82, 2.24) is 15.2 Å². The van der Waals surface area contributed by atoms with Crippen LogP contribution in [-0.2, 0) is 17.6 Å². The largest absolute Gasteiger partial charge is 0.354 e. The lowest BCUT2D eigenvalue weighted by molar-refractivity contribution is -0.116. The summed E-state index contributed by atoms with van der Waals surface area (Å²) >= 11 is 1.39. The summed E-state index contributed by atoms with van der Waals surface area (Å²) in [5, 5.41) is 13.3. The highest BCUT2D eigenvalue weighted by molar-refractivity contribution is 7.15. The van der Waals surface area contributed by atoms with E-state index in [0.29, 0.717) is 18.0 Å². The first-order valence-electron chi connectivity index (χ1n) is 9.12. The number of hydrogen-bond acceptors (Lipinski definition) is 4. The Bertz CT molecular complexity index is 1120. The molecule has 0 fully saturated rings. The van der Waals surface area contributed by atoms with Gasteiger partial charge in [-0.25, -0.2) is 4.39 Å². The highest BCUT2D eigenvalue weighted by Gasteiger charge is 2.15. The summed E-state index contributed by atoms with van der Waals surface area (Å²) in [7, 11) is 0. The fourth-order valence-corrected chi connectivity index (χ4v) is 3.89. The second-order valence-electron chi connectivity index (χ2n) is 6.43. The SMILES string of the molecule is CCc1nnc(NC(=O)CCc2c(-c3ccc(F)cc3)[nH]c3ccccc23)s1. The van der Waals surface area contributed by atoms with Gasteiger partial charge in [0.15, 0.2) is 0 Å². The lowest BCUT2D eigenvalue weighted by atomic mass is 10.0. The zero-order valence-electron chi connectivity index (χ0n) is 15.3. The summed E-state index contributed by atoms with van der Waals surface area (Å²) in [5.74, 6) is -0.376. The predicted octanol–water partition coefficient (Wildman–Crippen LogP) is 4.96. The summed E-state index contributed by atoms with van der Waals surface area (Å²) < 4.78 is 13.3. The zero-order chi connectivity index (χ0) is 19.5. The molecule has 142 valence electrons. The molecule has 1 amide bonds. The fourth-order valence-electron chi connectivity index (χ4n) is 3.19. The number of aromatic amines is 1. The Labute approximate surface area is 165 Å². The minimum atomic E-state index is -0.274. The lowest BCUT2D eigenvalue weighted by Gasteiger charge is -2.06. The zero-order valence-corrected chi connectivity index (χ0v) is 16.1. The average Bonchev–Trinajstić information content (AvgIpc) is 3.31. The first-order valence-corrected chi connectivity index (χ1v) is 9.93.